The highest BCUT2D eigenvalue weighted by atomic mass is 16.7. The SMILES string of the molecule is CC1(C)OB(c2ccc(-c3ccc(-n4c5ccccc5c5ccccc54)cc3)c3c2oc2c4ccccc4ccc23)OC1(C)C. The van der Waals surface area contributed by atoms with Crippen LogP contribution in [0.5, 0.6) is 0 Å². The minimum absolute atomic E-state index is 0.454. The van der Waals surface area contributed by atoms with E-state index in [9.17, 15) is 0 Å². The highest BCUT2D eigenvalue weighted by molar-refractivity contribution is 6.65. The molecule has 0 spiro atoms. The molecule has 0 atom stereocenters. The van der Waals surface area contributed by atoms with Gasteiger partial charge in [0, 0.05) is 38.1 Å². The maximum atomic E-state index is 6.82. The van der Waals surface area contributed by atoms with E-state index in [1.165, 1.54) is 21.8 Å². The second-order valence-electron chi connectivity index (χ2n) is 13.2. The lowest BCUT2D eigenvalue weighted by molar-refractivity contribution is 0.00578. The van der Waals surface area contributed by atoms with Gasteiger partial charge in [0.1, 0.15) is 11.2 Å². The molecule has 9 rings (SSSR count). The van der Waals surface area contributed by atoms with Gasteiger partial charge in [-0.05, 0) is 74.5 Å². The molecule has 0 bridgehead atoms. The van der Waals surface area contributed by atoms with Gasteiger partial charge >= 0.3 is 7.12 Å². The van der Waals surface area contributed by atoms with Gasteiger partial charge in [-0.2, -0.15) is 0 Å². The van der Waals surface area contributed by atoms with Crippen molar-refractivity contribution < 1.29 is 13.7 Å². The van der Waals surface area contributed by atoms with Gasteiger partial charge in [0.15, 0.2) is 0 Å². The molecule has 6 aromatic carbocycles. The maximum Gasteiger partial charge on any atom is 0.498 e. The van der Waals surface area contributed by atoms with Crippen molar-refractivity contribution in [3.8, 4) is 16.8 Å². The van der Waals surface area contributed by atoms with Crippen LogP contribution in [0.4, 0.5) is 0 Å². The predicted octanol–water partition coefficient (Wildman–Crippen LogP) is 9.80. The molecule has 0 N–H and O–H groups in total. The number of furan rings is 1. The highest BCUT2D eigenvalue weighted by Crippen LogP contribution is 2.42. The van der Waals surface area contributed by atoms with Crippen molar-refractivity contribution in [2.24, 2.45) is 0 Å². The van der Waals surface area contributed by atoms with Crippen molar-refractivity contribution in [1.29, 1.82) is 0 Å². The molecule has 45 heavy (non-hydrogen) atoms. The fraction of sp³-hybridized carbons (Fsp3) is 0.150. The first-order chi connectivity index (χ1) is 21.8. The van der Waals surface area contributed by atoms with Gasteiger partial charge in [-0.25, -0.2) is 0 Å². The number of aromatic nitrogens is 1. The van der Waals surface area contributed by atoms with Gasteiger partial charge in [0.05, 0.1) is 22.2 Å². The van der Waals surface area contributed by atoms with Crippen LogP contribution in [0.15, 0.2) is 126 Å². The number of rotatable bonds is 3. The first-order valence-corrected chi connectivity index (χ1v) is 15.6. The largest absolute Gasteiger partial charge is 0.498 e. The molecule has 218 valence electrons. The topological polar surface area (TPSA) is 36.5 Å². The zero-order valence-electron chi connectivity index (χ0n) is 25.8. The molecule has 5 heteroatoms. The minimum Gasteiger partial charge on any atom is -0.456 e. The van der Waals surface area contributed by atoms with Crippen molar-refractivity contribution >= 4 is 67.1 Å². The molecule has 1 aliphatic rings. The van der Waals surface area contributed by atoms with E-state index < -0.39 is 18.3 Å². The molecule has 0 amide bonds. The van der Waals surface area contributed by atoms with Gasteiger partial charge in [0.25, 0.3) is 0 Å². The van der Waals surface area contributed by atoms with Crippen LogP contribution in [0, 0.1) is 0 Å². The fourth-order valence-electron chi connectivity index (χ4n) is 7.01. The second-order valence-corrected chi connectivity index (χ2v) is 13.2. The van der Waals surface area contributed by atoms with Crippen molar-refractivity contribution in [2.45, 2.75) is 38.9 Å². The molecule has 2 aromatic heterocycles. The van der Waals surface area contributed by atoms with Crippen LogP contribution in [0.3, 0.4) is 0 Å². The second kappa shape index (κ2) is 9.34. The summed E-state index contributed by atoms with van der Waals surface area (Å²) in [5.74, 6) is 0. The number of nitrogens with zero attached hydrogens (tertiary/aromatic N) is 1. The van der Waals surface area contributed by atoms with Crippen LogP contribution in [-0.4, -0.2) is 22.9 Å². The van der Waals surface area contributed by atoms with Crippen LogP contribution < -0.4 is 5.46 Å². The average Bonchev–Trinajstić information content (AvgIpc) is 3.67. The third-order valence-corrected chi connectivity index (χ3v) is 10.1. The van der Waals surface area contributed by atoms with E-state index in [0.717, 1.165) is 55.0 Å². The maximum absolute atomic E-state index is 6.82. The van der Waals surface area contributed by atoms with E-state index >= 15 is 0 Å². The van der Waals surface area contributed by atoms with Crippen molar-refractivity contribution in [2.75, 3.05) is 0 Å². The standard InChI is InChI=1S/C40H32BNO3/c1-39(2)40(3,4)45-41(44-39)33-24-23-28(36-32-22-19-25-11-5-6-12-29(25)37(32)43-38(33)36)26-17-20-27(21-18-26)42-34-15-9-7-13-30(34)31-14-8-10-16-35(31)42/h5-24H,1-4H3. The summed E-state index contributed by atoms with van der Waals surface area (Å²) in [4.78, 5) is 0. The Morgan fingerprint density at radius 2 is 1.13 bits per heavy atom. The van der Waals surface area contributed by atoms with Crippen LogP contribution >= 0.6 is 0 Å². The van der Waals surface area contributed by atoms with E-state index in [4.69, 9.17) is 13.7 Å². The number of para-hydroxylation sites is 2. The molecule has 1 fully saturated rings. The highest BCUT2D eigenvalue weighted by Gasteiger charge is 2.52. The molecule has 0 unspecified atom stereocenters. The third kappa shape index (κ3) is 3.81. The number of fused-ring (bicyclic) bond motifs is 8. The normalized spacial score (nSPS) is 16.1. The molecular formula is C40H32BNO3. The quantitative estimate of drug-likeness (QED) is 0.194. The first kappa shape index (κ1) is 26.6. The first-order valence-electron chi connectivity index (χ1n) is 15.6. The summed E-state index contributed by atoms with van der Waals surface area (Å²) in [6, 6.07) is 43.2. The molecule has 3 heterocycles. The van der Waals surface area contributed by atoms with Crippen molar-refractivity contribution in [1.82, 2.24) is 4.57 Å². The average molecular weight is 586 g/mol. The van der Waals surface area contributed by atoms with Crippen molar-refractivity contribution in [3.63, 3.8) is 0 Å². The molecule has 0 saturated carbocycles. The predicted molar refractivity (Wildman–Crippen MR) is 187 cm³/mol. The third-order valence-electron chi connectivity index (χ3n) is 10.1. The smallest absolute Gasteiger partial charge is 0.456 e. The van der Waals surface area contributed by atoms with Gasteiger partial charge in [0.2, 0.25) is 0 Å². The van der Waals surface area contributed by atoms with Gasteiger partial charge in [-0.1, -0.05) is 91.0 Å². The molecule has 1 aliphatic heterocycles. The van der Waals surface area contributed by atoms with E-state index in [1.54, 1.807) is 0 Å². The molecular weight excluding hydrogens is 553 g/mol. The summed E-state index contributed by atoms with van der Waals surface area (Å²) >= 11 is 0. The van der Waals surface area contributed by atoms with E-state index in [1.807, 2.05) is 0 Å². The summed E-state index contributed by atoms with van der Waals surface area (Å²) in [7, 11) is -0.531. The summed E-state index contributed by atoms with van der Waals surface area (Å²) in [5.41, 5.74) is 7.47. The molecule has 4 nitrogen and oxygen atoms in total. The van der Waals surface area contributed by atoms with E-state index in [-0.39, 0.29) is 0 Å². The Bertz CT molecular complexity index is 2380. The Morgan fingerprint density at radius 1 is 0.533 bits per heavy atom. The molecule has 8 aromatic rings. The zero-order chi connectivity index (χ0) is 30.5. The minimum atomic E-state index is -0.531. The number of benzene rings is 6. The lowest BCUT2D eigenvalue weighted by Crippen LogP contribution is -2.41. The summed E-state index contributed by atoms with van der Waals surface area (Å²) in [6.07, 6.45) is 0. The Kier molecular flexibility index (Phi) is 5.51. The van der Waals surface area contributed by atoms with Crippen LogP contribution in [0.2, 0.25) is 0 Å². The van der Waals surface area contributed by atoms with Crippen LogP contribution in [0.1, 0.15) is 27.7 Å². The molecule has 0 radical (unpaired) electrons. The number of hydrogen-bond donors (Lipinski definition) is 0. The number of hydrogen-bond acceptors (Lipinski definition) is 3. The van der Waals surface area contributed by atoms with Gasteiger partial charge in [-0.3, -0.25) is 0 Å². The summed E-state index contributed by atoms with van der Waals surface area (Å²) in [6.45, 7) is 8.35. The Morgan fingerprint density at radius 3 is 1.80 bits per heavy atom. The van der Waals surface area contributed by atoms with Crippen molar-refractivity contribution in [3.05, 3.63) is 121 Å². The van der Waals surface area contributed by atoms with E-state index in [2.05, 4.69) is 154 Å². The monoisotopic (exact) mass is 585 g/mol. The zero-order valence-corrected chi connectivity index (χ0v) is 25.8. The molecule has 1 saturated heterocycles. The summed E-state index contributed by atoms with van der Waals surface area (Å²) in [5, 5.41) is 6.93. The Labute approximate surface area is 261 Å². The fourth-order valence-corrected chi connectivity index (χ4v) is 7.01. The van der Waals surface area contributed by atoms with Gasteiger partial charge in [-0.15, -0.1) is 0 Å². The van der Waals surface area contributed by atoms with Crippen LogP contribution in [-0.2, 0) is 9.31 Å². The Hall–Kier alpha value is -4.84. The van der Waals surface area contributed by atoms with E-state index in [0.29, 0.717) is 0 Å². The van der Waals surface area contributed by atoms with Crippen LogP contribution in [0.25, 0.3) is 71.3 Å². The summed E-state index contributed by atoms with van der Waals surface area (Å²) < 4.78 is 22.2. The Balaban J connectivity index is 1.25. The lowest BCUT2D eigenvalue weighted by atomic mass is 9.77. The van der Waals surface area contributed by atoms with Gasteiger partial charge < -0.3 is 18.3 Å². The molecule has 0 aliphatic carbocycles. The lowest BCUT2D eigenvalue weighted by Gasteiger charge is -2.32.